The van der Waals surface area contributed by atoms with Crippen LogP contribution in [0.1, 0.15) is 22.7 Å². The summed E-state index contributed by atoms with van der Waals surface area (Å²) in [5.41, 5.74) is 3.09. The van der Waals surface area contributed by atoms with Crippen LogP contribution >= 0.6 is 0 Å². The Labute approximate surface area is 110 Å². The highest BCUT2D eigenvalue weighted by Crippen LogP contribution is 2.13. The fourth-order valence-electron chi connectivity index (χ4n) is 2.23. The van der Waals surface area contributed by atoms with E-state index in [1.807, 2.05) is 18.5 Å². The fraction of sp³-hybridized carbons (Fsp3) is 0.583. The molecule has 3 heterocycles. The van der Waals surface area contributed by atoms with Crippen LogP contribution in [0, 0.1) is 13.8 Å². The molecule has 102 valence electrons. The number of aromatic nitrogens is 4. The molecule has 19 heavy (non-hydrogen) atoms. The Balaban J connectivity index is 1.51. The van der Waals surface area contributed by atoms with E-state index in [0.717, 1.165) is 42.3 Å². The van der Waals surface area contributed by atoms with Gasteiger partial charge in [-0.15, -0.1) is 5.10 Å². The molecule has 0 aliphatic carbocycles. The van der Waals surface area contributed by atoms with Crippen molar-refractivity contribution in [2.45, 2.75) is 39.6 Å². The van der Waals surface area contributed by atoms with E-state index in [2.05, 4.69) is 20.8 Å². The lowest BCUT2D eigenvalue weighted by atomic mass is 10.2. The van der Waals surface area contributed by atoms with Crippen LogP contribution in [0.2, 0.25) is 0 Å². The number of hydrogen-bond acceptors (Lipinski definition) is 6. The number of ether oxygens (including phenoxy) is 1. The Morgan fingerprint density at radius 2 is 2.37 bits per heavy atom. The maximum atomic E-state index is 5.74. The normalized spacial score (nSPS) is 18.5. The smallest absolute Gasteiger partial charge is 0.138 e. The first-order valence-electron chi connectivity index (χ1n) is 6.35. The molecule has 0 unspecified atom stereocenters. The molecule has 1 aliphatic rings. The SMILES string of the molecule is Cc1noc(C)c1CNC[C@@H]1Cn2nncc2CO1. The van der Waals surface area contributed by atoms with Crippen LogP contribution < -0.4 is 5.32 Å². The number of aryl methyl sites for hydroxylation is 2. The van der Waals surface area contributed by atoms with Crippen LogP contribution in [0.4, 0.5) is 0 Å². The average Bonchev–Trinajstić information content (AvgIpc) is 2.99. The molecule has 7 nitrogen and oxygen atoms in total. The van der Waals surface area contributed by atoms with E-state index in [9.17, 15) is 0 Å². The number of nitrogens with one attached hydrogen (secondary N) is 1. The number of hydrogen-bond donors (Lipinski definition) is 1. The summed E-state index contributed by atoms with van der Waals surface area (Å²) in [6, 6.07) is 0. The largest absolute Gasteiger partial charge is 0.369 e. The molecular weight excluding hydrogens is 246 g/mol. The maximum Gasteiger partial charge on any atom is 0.138 e. The van der Waals surface area contributed by atoms with Crippen LogP contribution in [0.15, 0.2) is 10.7 Å². The van der Waals surface area contributed by atoms with Crippen molar-refractivity contribution in [3.8, 4) is 0 Å². The topological polar surface area (TPSA) is 78.0 Å². The fourth-order valence-corrected chi connectivity index (χ4v) is 2.23. The second kappa shape index (κ2) is 5.10. The predicted octanol–water partition coefficient (Wildman–Crippen LogP) is 0.572. The van der Waals surface area contributed by atoms with Crippen molar-refractivity contribution in [3.63, 3.8) is 0 Å². The number of rotatable bonds is 4. The highest BCUT2D eigenvalue weighted by molar-refractivity contribution is 5.20. The first-order valence-corrected chi connectivity index (χ1v) is 6.35. The maximum absolute atomic E-state index is 5.74. The van der Waals surface area contributed by atoms with Crippen molar-refractivity contribution in [2.24, 2.45) is 0 Å². The number of nitrogens with zero attached hydrogens (tertiary/aromatic N) is 4. The Morgan fingerprint density at radius 1 is 1.47 bits per heavy atom. The second-order valence-electron chi connectivity index (χ2n) is 4.77. The summed E-state index contributed by atoms with van der Waals surface area (Å²) in [5.74, 6) is 0.869. The van der Waals surface area contributed by atoms with E-state index < -0.39 is 0 Å². The van der Waals surface area contributed by atoms with Gasteiger partial charge in [0.1, 0.15) is 5.76 Å². The minimum atomic E-state index is 0.120. The Morgan fingerprint density at radius 3 is 3.16 bits per heavy atom. The second-order valence-corrected chi connectivity index (χ2v) is 4.77. The van der Waals surface area contributed by atoms with Crippen LogP contribution in [0.25, 0.3) is 0 Å². The number of fused-ring (bicyclic) bond motifs is 1. The monoisotopic (exact) mass is 263 g/mol. The summed E-state index contributed by atoms with van der Waals surface area (Å²) in [6.45, 7) is 6.70. The molecule has 1 aliphatic heterocycles. The van der Waals surface area contributed by atoms with Crippen molar-refractivity contribution < 1.29 is 9.26 Å². The predicted molar refractivity (Wildman–Crippen MR) is 66.3 cm³/mol. The highest BCUT2D eigenvalue weighted by atomic mass is 16.5. The Hall–Kier alpha value is -1.73. The van der Waals surface area contributed by atoms with Gasteiger partial charge in [-0.05, 0) is 13.8 Å². The summed E-state index contributed by atoms with van der Waals surface area (Å²) >= 11 is 0. The van der Waals surface area contributed by atoms with Crippen LogP contribution in [0.3, 0.4) is 0 Å². The molecule has 0 saturated heterocycles. The van der Waals surface area contributed by atoms with Gasteiger partial charge in [-0.2, -0.15) is 0 Å². The minimum absolute atomic E-state index is 0.120. The summed E-state index contributed by atoms with van der Waals surface area (Å²) in [4.78, 5) is 0. The first kappa shape index (κ1) is 12.3. The molecule has 0 spiro atoms. The zero-order chi connectivity index (χ0) is 13.2. The summed E-state index contributed by atoms with van der Waals surface area (Å²) in [6.07, 6.45) is 1.86. The van der Waals surface area contributed by atoms with Crippen molar-refractivity contribution in [1.82, 2.24) is 25.5 Å². The van der Waals surface area contributed by atoms with Gasteiger partial charge in [0.15, 0.2) is 0 Å². The molecule has 0 bridgehead atoms. The van der Waals surface area contributed by atoms with E-state index >= 15 is 0 Å². The van der Waals surface area contributed by atoms with Gasteiger partial charge >= 0.3 is 0 Å². The molecule has 3 rings (SSSR count). The van der Waals surface area contributed by atoms with E-state index in [1.165, 1.54) is 0 Å². The molecule has 7 heteroatoms. The molecule has 0 aromatic carbocycles. The summed E-state index contributed by atoms with van der Waals surface area (Å²) in [7, 11) is 0. The lowest BCUT2D eigenvalue weighted by molar-refractivity contribution is 0.000960. The first-order chi connectivity index (χ1) is 9.24. The van der Waals surface area contributed by atoms with Gasteiger partial charge in [0, 0.05) is 18.7 Å². The molecule has 0 saturated carbocycles. The molecule has 0 fully saturated rings. The molecule has 1 atom stereocenters. The van der Waals surface area contributed by atoms with Gasteiger partial charge in [0.25, 0.3) is 0 Å². The lowest BCUT2D eigenvalue weighted by Crippen LogP contribution is -2.36. The Kier molecular flexibility index (Phi) is 3.31. The molecular formula is C12H17N5O2. The van der Waals surface area contributed by atoms with Crippen molar-refractivity contribution in [1.29, 1.82) is 0 Å². The van der Waals surface area contributed by atoms with Gasteiger partial charge in [0.2, 0.25) is 0 Å². The lowest BCUT2D eigenvalue weighted by Gasteiger charge is -2.23. The molecule has 0 amide bonds. The third-order valence-corrected chi connectivity index (χ3v) is 3.40. The van der Waals surface area contributed by atoms with Gasteiger partial charge < -0.3 is 14.6 Å². The highest BCUT2D eigenvalue weighted by Gasteiger charge is 2.19. The van der Waals surface area contributed by atoms with E-state index in [-0.39, 0.29) is 6.10 Å². The summed E-state index contributed by atoms with van der Waals surface area (Å²) in [5, 5.41) is 15.2. The van der Waals surface area contributed by atoms with Crippen molar-refractivity contribution >= 4 is 0 Å². The molecule has 2 aromatic heterocycles. The van der Waals surface area contributed by atoms with Crippen molar-refractivity contribution in [2.75, 3.05) is 6.54 Å². The van der Waals surface area contributed by atoms with Gasteiger partial charge in [-0.3, -0.25) is 0 Å². The average molecular weight is 263 g/mol. The zero-order valence-electron chi connectivity index (χ0n) is 11.1. The standard InChI is InChI=1S/C12H17N5O2/c1-8-12(9(2)19-15-8)5-13-4-11-6-17-10(7-18-11)3-14-16-17/h3,11,13H,4-7H2,1-2H3/t11-/m1/s1. The molecule has 1 N–H and O–H groups in total. The summed E-state index contributed by atoms with van der Waals surface area (Å²) < 4.78 is 12.8. The van der Waals surface area contributed by atoms with Crippen LogP contribution in [0.5, 0.6) is 0 Å². The molecule has 0 radical (unpaired) electrons. The molecule has 2 aromatic rings. The third kappa shape index (κ3) is 2.52. The van der Waals surface area contributed by atoms with E-state index in [0.29, 0.717) is 6.61 Å². The van der Waals surface area contributed by atoms with Crippen LogP contribution in [-0.2, 0) is 24.4 Å². The minimum Gasteiger partial charge on any atom is -0.369 e. The van der Waals surface area contributed by atoms with E-state index in [4.69, 9.17) is 9.26 Å². The van der Waals surface area contributed by atoms with Crippen molar-refractivity contribution in [3.05, 3.63) is 28.9 Å². The van der Waals surface area contributed by atoms with Gasteiger partial charge in [-0.25, -0.2) is 4.68 Å². The van der Waals surface area contributed by atoms with Gasteiger partial charge in [-0.1, -0.05) is 10.4 Å². The Bertz CT molecular complexity index is 543. The zero-order valence-corrected chi connectivity index (χ0v) is 11.1. The third-order valence-electron chi connectivity index (χ3n) is 3.40. The van der Waals surface area contributed by atoms with E-state index in [1.54, 1.807) is 6.20 Å². The van der Waals surface area contributed by atoms with Gasteiger partial charge in [0.05, 0.1) is 36.8 Å². The quantitative estimate of drug-likeness (QED) is 0.869. The van der Waals surface area contributed by atoms with Crippen LogP contribution in [-0.4, -0.2) is 32.8 Å².